The predicted octanol–water partition coefficient (Wildman–Crippen LogP) is 1.52. The monoisotopic (exact) mass is 180 g/mol. The first-order valence-corrected chi connectivity index (χ1v) is 3.95. The zero-order valence-electron chi connectivity index (χ0n) is 6.13. The summed E-state index contributed by atoms with van der Waals surface area (Å²) in [5.74, 6) is -0.255. The molecule has 60 valence electrons. The van der Waals surface area contributed by atoms with Gasteiger partial charge in [-0.2, -0.15) is 25.3 Å². The van der Waals surface area contributed by atoms with Gasteiger partial charge in [-0.1, -0.05) is 0 Å². The smallest absolute Gasteiger partial charge is 0.308 e. The molecule has 0 aromatic rings. The average Bonchev–Trinajstić information content (AvgIpc) is 1.59. The number of esters is 1. The van der Waals surface area contributed by atoms with Gasteiger partial charge in [0.05, 0.1) is 17.1 Å². The maximum absolute atomic E-state index is 10.7. The minimum Gasteiger partial charge on any atom is -0.466 e. The summed E-state index contributed by atoms with van der Waals surface area (Å²) in [6, 6.07) is 0. The second kappa shape index (κ2) is 4.13. The number of rotatable bonds is 3. The highest BCUT2D eigenvalue weighted by molar-refractivity contribution is 8.00. The standard InChI is InChI=1S/C6H12O2S2/c1-3-8-5(7)4-6(2,9)10/h9-10H,3-4H2,1-2H3. The van der Waals surface area contributed by atoms with Crippen LogP contribution < -0.4 is 0 Å². The van der Waals surface area contributed by atoms with Gasteiger partial charge in [0.2, 0.25) is 0 Å². The van der Waals surface area contributed by atoms with Gasteiger partial charge in [0, 0.05) is 0 Å². The Balaban J connectivity index is 3.58. The molecule has 0 aliphatic heterocycles. The van der Waals surface area contributed by atoms with Crippen LogP contribution in [0.1, 0.15) is 20.3 Å². The van der Waals surface area contributed by atoms with Crippen molar-refractivity contribution in [2.45, 2.75) is 24.3 Å². The molecule has 0 aromatic carbocycles. The van der Waals surface area contributed by atoms with Crippen LogP contribution in [-0.2, 0) is 9.53 Å². The third-order valence-electron chi connectivity index (χ3n) is 0.785. The molecular formula is C6H12O2S2. The highest BCUT2D eigenvalue weighted by Crippen LogP contribution is 2.22. The molecule has 0 spiro atoms. The SMILES string of the molecule is CCOC(=O)CC(C)(S)S. The predicted molar refractivity (Wildman–Crippen MR) is 47.6 cm³/mol. The van der Waals surface area contributed by atoms with E-state index in [0.717, 1.165) is 0 Å². The Labute approximate surface area is 72.1 Å². The molecule has 2 nitrogen and oxygen atoms in total. The summed E-state index contributed by atoms with van der Waals surface area (Å²) in [5.41, 5.74) is 0. The quantitative estimate of drug-likeness (QED) is 0.391. The van der Waals surface area contributed by atoms with Gasteiger partial charge in [0.25, 0.3) is 0 Å². The van der Waals surface area contributed by atoms with Gasteiger partial charge in [0.15, 0.2) is 0 Å². The van der Waals surface area contributed by atoms with Crippen LogP contribution in [0.15, 0.2) is 0 Å². The first-order chi connectivity index (χ1) is 4.45. The lowest BCUT2D eigenvalue weighted by molar-refractivity contribution is -0.143. The summed E-state index contributed by atoms with van der Waals surface area (Å²) in [6.07, 6.45) is 0.229. The molecule has 10 heavy (non-hydrogen) atoms. The van der Waals surface area contributed by atoms with Crippen molar-refractivity contribution < 1.29 is 9.53 Å². The van der Waals surface area contributed by atoms with Gasteiger partial charge in [-0.3, -0.25) is 4.79 Å². The highest BCUT2D eigenvalue weighted by Gasteiger charge is 2.18. The van der Waals surface area contributed by atoms with E-state index in [1.165, 1.54) is 0 Å². The molecule has 0 bridgehead atoms. The third kappa shape index (κ3) is 6.29. The van der Waals surface area contributed by atoms with Crippen molar-refractivity contribution in [3.05, 3.63) is 0 Å². The fraction of sp³-hybridized carbons (Fsp3) is 0.833. The molecule has 0 saturated heterocycles. The van der Waals surface area contributed by atoms with Crippen molar-refractivity contribution in [3.63, 3.8) is 0 Å². The van der Waals surface area contributed by atoms with E-state index in [9.17, 15) is 4.79 Å². The number of hydrogen-bond donors (Lipinski definition) is 2. The Hall–Kier alpha value is 0.170. The van der Waals surface area contributed by atoms with E-state index in [0.29, 0.717) is 6.61 Å². The van der Waals surface area contributed by atoms with E-state index in [4.69, 9.17) is 0 Å². The van der Waals surface area contributed by atoms with Gasteiger partial charge >= 0.3 is 5.97 Å². The molecule has 0 N–H and O–H groups in total. The van der Waals surface area contributed by atoms with E-state index in [2.05, 4.69) is 30.0 Å². The summed E-state index contributed by atoms with van der Waals surface area (Å²) >= 11 is 8.10. The van der Waals surface area contributed by atoms with Crippen LogP contribution in [0.25, 0.3) is 0 Å². The minimum atomic E-state index is -0.563. The molecule has 0 rings (SSSR count). The molecule has 0 fully saturated rings. The van der Waals surface area contributed by atoms with Crippen molar-refractivity contribution in [1.82, 2.24) is 0 Å². The maximum atomic E-state index is 10.7. The van der Waals surface area contributed by atoms with Crippen molar-refractivity contribution in [3.8, 4) is 0 Å². The van der Waals surface area contributed by atoms with E-state index in [1.54, 1.807) is 13.8 Å². The van der Waals surface area contributed by atoms with Crippen molar-refractivity contribution in [2.24, 2.45) is 0 Å². The lowest BCUT2D eigenvalue weighted by Crippen LogP contribution is -2.16. The number of hydrogen-bond acceptors (Lipinski definition) is 4. The van der Waals surface area contributed by atoms with Gasteiger partial charge in [-0.15, -0.1) is 0 Å². The largest absolute Gasteiger partial charge is 0.466 e. The normalized spacial score (nSPS) is 11.2. The second-order valence-electron chi connectivity index (χ2n) is 2.20. The van der Waals surface area contributed by atoms with E-state index in [1.807, 2.05) is 0 Å². The number of thiol groups is 2. The van der Waals surface area contributed by atoms with E-state index in [-0.39, 0.29) is 12.4 Å². The summed E-state index contributed by atoms with van der Waals surface area (Å²) in [7, 11) is 0. The summed E-state index contributed by atoms with van der Waals surface area (Å²) in [5, 5.41) is 0. The Morgan fingerprint density at radius 3 is 2.40 bits per heavy atom. The molecule has 0 aliphatic carbocycles. The molecular weight excluding hydrogens is 168 g/mol. The molecule has 0 atom stereocenters. The molecule has 0 amide bonds. The molecule has 0 heterocycles. The van der Waals surface area contributed by atoms with Crippen LogP contribution in [0.3, 0.4) is 0 Å². The van der Waals surface area contributed by atoms with Gasteiger partial charge in [0.1, 0.15) is 0 Å². The van der Waals surface area contributed by atoms with Crippen LogP contribution in [0.5, 0.6) is 0 Å². The van der Waals surface area contributed by atoms with Gasteiger partial charge < -0.3 is 4.74 Å². The molecule has 0 saturated carbocycles. The third-order valence-corrected chi connectivity index (χ3v) is 1.10. The summed E-state index contributed by atoms with van der Waals surface area (Å²) in [6.45, 7) is 3.93. The Morgan fingerprint density at radius 2 is 2.10 bits per heavy atom. The zero-order valence-corrected chi connectivity index (χ0v) is 7.91. The van der Waals surface area contributed by atoms with Crippen LogP contribution in [-0.4, -0.2) is 16.7 Å². The highest BCUT2D eigenvalue weighted by atomic mass is 32.2. The Bertz CT molecular complexity index is 117. The molecule has 0 aliphatic rings. The van der Waals surface area contributed by atoms with Crippen LogP contribution in [0.2, 0.25) is 0 Å². The van der Waals surface area contributed by atoms with Crippen molar-refractivity contribution >= 4 is 31.2 Å². The maximum Gasteiger partial charge on any atom is 0.308 e. The lowest BCUT2D eigenvalue weighted by atomic mass is 10.3. The Morgan fingerprint density at radius 1 is 1.60 bits per heavy atom. The second-order valence-corrected chi connectivity index (χ2v) is 4.53. The summed E-state index contributed by atoms with van der Waals surface area (Å²) in [4.78, 5) is 10.7. The first-order valence-electron chi connectivity index (χ1n) is 3.06. The number of carbonyl (C=O) groups is 1. The van der Waals surface area contributed by atoms with Crippen molar-refractivity contribution in [2.75, 3.05) is 6.61 Å². The van der Waals surface area contributed by atoms with Gasteiger partial charge in [-0.05, 0) is 13.8 Å². The van der Waals surface area contributed by atoms with Crippen molar-refractivity contribution in [1.29, 1.82) is 0 Å². The van der Waals surface area contributed by atoms with Crippen LogP contribution in [0, 0.1) is 0 Å². The fourth-order valence-electron chi connectivity index (χ4n) is 0.485. The van der Waals surface area contributed by atoms with Crippen LogP contribution >= 0.6 is 25.3 Å². The number of carbonyl (C=O) groups excluding carboxylic acids is 1. The average molecular weight is 180 g/mol. The van der Waals surface area contributed by atoms with E-state index >= 15 is 0 Å². The number of ether oxygens (including phenoxy) is 1. The fourth-order valence-corrected chi connectivity index (χ4v) is 0.744. The topological polar surface area (TPSA) is 26.3 Å². The Kier molecular flexibility index (Phi) is 4.20. The molecule has 0 radical (unpaired) electrons. The van der Waals surface area contributed by atoms with Gasteiger partial charge in [-0.25, -0.2) is 0 Å². The minimum absolute atomic E-state index is 0.229. The first kappa shape index (κ1) is 10.2. The molecule has 4 heteroatoms. The van der Waals surface area contributed by atoms with Crippen LogP contribution in [0.4, 0.5) is 0 Å². The summed E-state index contributed by atoms with van der Waals surface area (Å²) < 4.78 is 4.12. The molecule has 0 aromatic heterocycles. The lowest BCUT2D eigenvalue weighted by Gasteiger charge is -2.13. The van der Waals surface area contributed by atoms with E-state index < -0.39 is 4.08 Å². The molecule has 0 unspecified atom stereocenters. The zero-order chi connectivity index (χ0) is 8.20.